The van der Waals surface area contributed by atoms with Crippen molar-refractivity contribution in [2.75, 3.05) is 32.9 Å². The minimum Gasteiger partial charge on any atom is -0.356 e. The zero-order chi connectivity index (χ0) is 17.3. The van der Waals surface area contributed by atoms with Gasteiger partial charge in [-0.05, 0) is 30.5 Å². The second-order valence-electron chi connectivity index (χ2n) is 4.93. The number of aryl methyl sites for hydroxylation is 1. The number of guanidine groups is 1. The van der Waals surface area contributed by atoms with Crippen molar-refractivity contribution >= 4 is 31.9 Å². The van der Waals surface area contributed by atoms with Crippen LogP contribution in [0, 0.1) is 5.82 Å². The summed E-state index contributed by atoms with van der Waals surface area (Å²) in [5.74, 6) is 0.366. The van der Waals surface area contributed by atoms with Crippen LogP contribution in [0.3, 0.4) is 0 Å². The molecule has 0 unspecified atom stereocenters. The van der Waals surface area contributed by atoms with Crippen LogP contribution >= 0.6 is 15.9 Å². The largest absolute Gasteiger partial charge is 0.356 e. The molecule has 1 aromatic rings. The van der Waals surface area contributed by atoms with Crippen LogP contribution in [0.25, 0.3) is 0 Å². The van der Waals surface area contributed by atoms with E-state index in [0.29, 0.717) is 31.0 Å². The van der Waals surface area contributed by atoms with Crippen LogP contribution in [0.4, 0.5) is 4.39 Å². The Kier molecular flexibility index (Phi) is 8.49. The monoisotopic (exact) mass is 408 g/mol. The molecule has 0 aliphatic heterocycles. The van der Waals surface area contributed by atoms with E-state index in [1.54, 1.807) is 13.1 Å². The molecule has 0 saturated carbocycles. The molecular weight excluding hydrogens is 387 g/mol. The summed E-state index contributed by atoms with van der Waals surface area (Å²) in [6, 6.07) is 5.04. The van der Waals surface area contributed by atoms with Crippen molar-refractivity contribution in [3.05, 3.63) is 34.1 Å². The molecule has 0 amide bonds. The van der Waals surface area contributed by atoms with Crippen LogP contribution < -0.4 is 15.4 Å². The van der Waals surface area contributed by atoms with Crippen molar-refractivity contribution in [1.29, 1.82) is 0 Å². The third kappa shape index (κ3) is 8.87. The number of hydrogen-bond acceptors (Lipinski definition) is 3. The zero-order valence-corrected chi connectivity index (χ0v) is 15.6. The number of hydrogen-bond donors (Lipinski definition) is 3. The number of rotatable bonds is 8. The number of sulfonamides is 1. The molecule has 3 N–H and O–H groups in total. The van der Waals surface area contributed by atoms with E-state index in [2.05, 4.69) is 36.3 Å². The fourth-order valence-corrected chi connectivity index (χ4v) is 2.65. The van der Waals surface area contributed by atoms with Crippen LogP contribution in [-0.2, 0) is 16.4 Å². The van der Waals surface area contributed by atoms with Gasteiger partial charge in [0, 0.05) is 31.2 Å². The molecular formula is C14H22BrFN4O2S. The van der Waals surface area contributed by atoms with E-state index >= 15 is 0 Å². The second kappa shape index (κ2) is 9.84. The Hall–Kier alpha value is -1.19. The van der Waals surface area contributed by atoms with Crippen LogP contribution in [-0.4, -0.2) is 47.3 Å². The lowest BCUT2D eigenvalue weighted by Gasteiger charge is -2.12. The van der Waals surface area contributed by atoms with Gasteiger partial charge >= 0.3 is 0 Å². The highest BCUT2D eigenvalue weighted by atomic mass is 79.9. The summed E-state index contributed by atoms with van der Waals surface area (Å²) in [6.07, 6.45) is 2.49. The summed E-state index contributed by atoms with van der Waals surface area (Å²) in [5.41, 5.74) is 0.676. The second-order valence-corrected chi connectivity index (χ2v) is 7.68. The van der Waals surface area contributed by atoms with Gasteiger partial charge in [-0.25, -0.2) is 17.5 Å². The highest BCUT2D eigenvalue weighted by Crippen LogP contribution is 2.16. The molecule has 9 heteroatoms. The van der Waals surface area contributed by atoms with Gasteiger partial charge in [0.05, 0.1) is 6.26 Å². The fraction of sp³-hybridized carbons (Fsp3) is 0.500. The SMILES string of the molecule is CN=C(NCCCc1ccc(Br)cc1F)NCCNS(C)(=O)=O. The Balaban J connectivity index is 2.25. The van der Waals surface area contributed by atoms with Gasteiger partial charge in [-0.2, -0.15) is 0 Å². The Morgan fingerprint density at radius 2 is 1.96 bits per heavy atom. The average Bonchev–Trinajstić information content (AvgIpc) is 2.46. The lowest BCUT2D eigenvalue weighted by molar-refractivity contribution is 0.586. The molecule has 0 spiro atoms. The van der Waals surface area contributed by atoms with Gasteiger partial charge in [0.25, 0.3) is 0 Å². The van der Waals surface area contributed by atoms with Crippen LogP contribution in [0.1, 0.15) is 12.0 Å². The van der Waals surface area contributed by atoms with Crippen molar-refractivity contribution < 1.29 is 12.8 Å². The first-order chi connectivity index (χ1) is 10.8. The quantitative estimate of drug-likeness (QED) is 0.343. The lowest BCUT2D eigenvalue weighted by atomic mass is 10.1. The topological polar surface area (TPSA) is 82.6 Å². The van der Waals surface area contributed by atoms with Crippen LogP contribution in [0.5, 0.6) is 0 Å². The summed E-state index contributed by atoms with van der Waals surface area (Å²) in [6.45, 7) is 1.34. The Bertz CT molecular complexity index is 638. The number of halogens is 2. The van der Waals surface area contributed by atoms with E-state index in [-0.39, 0.29) is 12.4 Å². The minimum absolute atomic E-state index is 0.214. The summed E-state index contributed by atoms with van der Waals surface area (Å²) < 4.78 is 38.6. The Morgan fingerprint density at radius 1 is 1.26 bits per heavy atom. The molecule has 130 valence electrons. The van der Waals surface area contributed by atoms with E-state index in [1.807, 2.05) is 6.07 Å². The van der Waals surface area contributed by atoms with Crippen LogP contribution in [0.15, 0.2) is 27.7 Å². The van der Waals surface area contributed by atoms with E-state index in [1.165, 1.54) is 6.07 Å². The molecule has 0 fully saturated rings. The molecule has 0 aliphatic carbocycles. The maximum absolute atomic E-state index is 13.7. The van der Waals surface area contributed by atoms with Crippen molar-refractivity contribution in [1.82, 2.24) is 15.4 Å². The van der Waals surface area contributed by atoms with Gasteiger partial charge in [-0.3, -0.25) is 4.99 Å². The normalized spacial score (nSPS) is 12.3. The van der Waals surface area contributed by atoms with Crippen molar-refractivity contribution in [2.45, 2.75) is 12.8 Å². The number of aliphatic imine (C=N–C) groups is 1. The van der Waals surface area contributed by atoms with Crippen molar-refractivity contribution in [2.24, 2.45) is 4.99 Å². The third-order valence-electron chi connectivity index (χ3n) is 2.94. The Morgan fingerprint density at radius 3 is 2.57 bits per heavy atom. The molecule has 1 rings (SSSR count). The molecule has 0 aromatic heterocycles. The average molecular weight is 409 g/mol. The van der Waals surface area contributed by atoms with Gasteiger partial charge in [-0.1, -0.05) is 22.0 Å². The smallest absolute Gasteiger partial charge is 0.208 e. The van der Waals surface area contributed by atoms with Crippen molar-refractivity contribution in [3.8, 4) is 0 Å². The first-order valence-electron chi connectivity index (χ1n) is 7.15. The first kappa shape index (κ1) is 19.9. The van der Waals surface area contributed by atoms with E-state index in [9.17, 15) is 12.8 Å². The predicted octanol–water partition coefficient (Wildman–Crippen LogP) is 1.23. The van der Waals surface area contributed by atoms with E-state index in [0.717, 1.165) is 17.1 Å². The van der Waals surface area contributed by atoms with E-state index < -0.39 is 10.0 Å². The maximum atomic E-state index is 13.7. The van der Waals surface area contributed by atoms with Crippen molar-refractivity contribution in [3.63, 3.8) is 0 Å². The molecule has 1 aromatic carbocycles. The lowest BCUT2D eigenvalue weighted by Crippen LogP contribution is -2.41. The third-order valence-corrected chi connectivity index (χ3v) is 4.16. The van der Waals surface area contributed by atoms with Gasteiger partial charge in [-0.15, -0.1) is 0 Å². The highest BCUT2D eigenvalue weighted by molar-refractivity contribution is 9.10. The number of benzene rings is 1. The summed E-state index contributed by atoms with van der Waals surface area (Å²) in [5, 5.41) is 6.09. The number of nitrogens with zero attached hydrogens (tertiary/aromatic N) is 1. The molecule has 0 saturated heterocycles. The summed E-state index contributed by atoms with van der Waals surface area (Å²) in [4.78, 5) is 4.03. The van der Waals surface area contributed by atoms with Gasteiger partial charge in [0.1, 0.15) is 5.82 Å². The summed E-state index contributed by atoms with van der Waals surface area (Å²) >= 11 is 3.23. The standard InChI is InChI=1S/C14H22BrFN4O2S/c1-17-14(19-8-9-20-23(2,21)22)18-7-3-4-11-5-6-12(15)10-13(11)16/h5-6,10,20H,3-4,7-9H2,1-2H3,(H2,17,18,19). The van der Waals surface area contributed by atoms with Gasteiger partial charge in [0.2, 0.25) is 10.0 Å². The molecule has 0 aliphatic rings. The number of nitrogens with one attached hydrogen (secondary N) is 3. The van der Waals surface area contributed by atoms with Crippen LogP contribution in [0.2, 0.25) is 0 Å². The summed E-state index contributed by atoms with van der Waals surface area (Å²) in [7, 11) is -1.54. The molecule has 0 atom stereocenters. The maximum Gasteiger partial charge on any atom is 0.208 e. The molecule has 0 radical (unpaired) electrons. The molecule has 0 bridgehead atoms. The highest BCUT2D eigenvalue weighted by Gasteiger charge is 2.03. The minimum atomic E-state index is -3.18. The molecule has 6 nitrogen and oxygen atoms in total. The Labute approximate surface area is 145 Å². The molecule has 0 heterocycles. The first-order valence-corrected chi connectivity index (χ1v) is 9.83. The predicted molar refractivity (Wildman–Crippen MR) is 94.6 cm³/mol. The zero-order valence-electron chi connectivity index (χ0n) is 13.2. The van der Waals surface area contributed by atoms with Gasteiger partial charge in [0.15, 0.2) is 5.96 Å². The van der Waals surface area contributed by atoms with E-state index in [4.69, 9.17) is 0 Å². The molecule has 23 heavy (non-hydrogen) atoms. The fourth-order valence-electron chi connectivity index (χ4n) is 1.85. The van der Waals surface area contributed by atoms with Gasteiger partial charge < -0.3 is 10.6 Å².